The zero-order valence-electron chi connectivity index (χ0n) is 29.1. The molecule has 0 amide bonds. The molecule has 3 aromatic heterocycles. The van der Waals surface area contributed by atoms with Crippen LogP contribution in [0.1, 0.15) is 59.2 Å². The van der Waals surface area contributed by atoms with Crippen LogP contribution < -0.4 is 10.6 Å². The Morgan fingerprint density at radius 3 is 2.32 bits per heavy atom. The number of likely N-dealkylation sites (N-methyl/N-ethyl adjacent to an activating group) is 2. The summed E-state index contributed by atoms with van der Waals surface area (Å²) in [5.41, 5.74) is 6.10. The number of benzene rings is 2. The van der Waals surface area contributed by atoms with Crippen LogP contribution >= 0.6 is 0 Å². The van der Waals surface area contributed by atoms with Gasteiger partial charge in [-0.05, 0) is 51.7 Å². The van der Waals surface area contributed by atoms with Crippen molar-refractivity contribution in [1.29, 1.82) is 0 Å². The molecule has 2 N–H and O–H groups in total. The molecule has 0 unspecified atom stereocenters. The lowest BCUT2D eigenvalue weighted by atomic mass is 9.78. The minimum atomic E-state index is 0.430. The highest BCUT2D eigenvalue weighted by molar-refractivity contribution is 5.91. The molecule has 5 aromatic rings. The molecular formula is C39H52N8. The van der Waals surface area contributed by atoms with Crippen molar-refractivity contribution in [2.75, 3.05) is 45.1 Å². The first-order valence-corrected chi connectivity index (χ1v) is 16.8. The largest absolute Gasteiger partial charge is 0.371 e. The van der Waals surface area contributed by atoms with Gasteiger partial charge in [0.15, 0.2) is 5.82 Å². The van der Waals surface area contributed by atoms with Crippen molar-refractivity contribution < 1.29 is 0 Å². The number of terminal acetylenes is 1. The van der Waals surface area contributed by atoms with Gasteiger partial charge >= 0.3 is 0 Å². The van der Waals surface area contributed by atoms with Gasteiger partial charge in [0.25, 0.3) is 0 Å². The van der Waals surface area contributed by atoms with Gasteiger partial charge in [0, 0.05) is 67.5 Å². The molecule has 0 saturated heterocycles. The maximum Gasteiger partial charge on any atom is 0.152 e. The summed E-state index contributed by atoms with van der Waals surface area (Å²) < 4.78 is 2.25. The van der Waals surface area contributed by atoms with E-state index in [1.165, 1.54) is 0 Å². The van der Waals surface area contributed by atoms with Crippen LogP contribution in [0.15, 0.2) is 78.0 Å². The van der Waals surface area contributed by atoms with Crippen molar-refractivity contribution in [1.82, 2.24) is 29.6 Å². The number of aliphatic imine (C=N–C) groups is 1. The van der Waals surface area contributed by atoms with Crippen LogP contribution in [-0.4, -0.2) is 76.8 Å². The minimum absolute atomic E-state index is 0.430. The number of rotatable bonds is 11. The van der Waals surface area contributed by atoms with E-state index in [9.17, 15) is 0 Å². The Bertz CT molecular complexity index is 1690. The molecule has 0 spiro atoms. The molecule has 1 aliphatic rings. The highest BCUT2D eigenvalue weighted by Crippen LogP contribution is 2.42. The summed E-state index contributed by atoms with van der Waals surface area (Å²) in [6, 6.07) is 21.7. The van der Waals surface area contributed by atoms with Gasteiger partial charge in [-0.15, -0.1) is 12.8 Å². The highest BCUT2D eigenvalue weighted by Gasteiger charge is 2.37. The third kappa shape index (κ3) is 8.82. The van der Waals surface area contributed by atoms with Crippen molar-refractivity contribution >= 4 is 29.0 Å². The van der Waals surface area contributed by atoms with Gasteiger partial charge in [-0.1, -0.05) is 76.2 Å². The quantitative estimate of drug-likeness (QED) is 0.0878. The molecule has 47 heavy (non-hydrogen) atoms. The average molecular weight is 633 g/mol. The van der Waals surface area contributed by atoms with Gasteiger partial charge in [-0.2, -0.15) is 0 Å². The Labute approximate surface area is 281 Å². The number of hydrogen-bond donors (Lipinski definition) is 2. The molecule has 0 bridgehead atoms. The number of pyridine rings is 1. The molecule has 6 rings (SSSR count). The molecule has 8 nitrogen and oxygen atoms in total. The lowest BCUT2D eigenvalue weighted by molar-refractivity contribution is 0.112. The van der Waals surface area contributed by atoms with E-state index in [2.05, 4.69) is 124 Å². The molecule has 0 atom stereocenters. The van der Waals surface area contributed by atoms with E-state index >= 15 is 0 Å². The standard InChI is InChI=1S/C32H37N7.C3H7N.C2H6.C2H2/c1-4-34-15-17-38(5-2)26-19-25(20-26)32-37-29(30-31(33-3)35-16-18-39(30)32)24-12-11-23-13-14-27(36-28(23)21-24)22-9-7-6-8-10-22;1-3-4-2;2*1-2/h6-14,16,18,21,25-26,34H,4-5,15,17,19-20H2,1-3H3,(H,33,35);2-3H2,1H3;1-2H3;1-2H. The van der Waals surface area contributed by atoms with Crippen molar-refractivity contribution in [2.24, 2.45) is 4.99 Å². The van der Waals surface area contributed by atoms with Crippen LogP contribution in [0.2, 0.25) is 0 Å². The Hall–Kier alpha value is -4.58. The molecule has 0 aliphatic heterocycles. The first-order valence-electron chi connectivity index (χ1n) is 16.8. The van der Waals surface area contributed by atoms with E-state index in [1.807, 2.05) is 40.1 Å². The van der Waals surface area contributed by atoms with E-state index in [0.29, 0.717) is 12.0 Å². The van der Waals surface area contributed by atoms with Crippen molar-refractivity contribution in [3.05, 3.63) is 78.9 Å². The maximum absolute atomic E-state index is 5.30. The van der Waals surface area contributed by atoms with Crippen LogP contribution in [-0.2, 0) is 0 Å². The average Bonchev–Trinajstić information content (AvgIpc) is 3.51. The van der Waals surface area contributed by atoms with Crippen LogP contribution in [0.5, 0.6) is 0 Å². The van der Waals surface area contributed by atoms with E-state index in [0.717, 1.165) is 96.1 Å². The molecule has 1 saturated carbocycles. The number of hydrogen-bond acceptors (Lipinski definition) is 7. The molecule has 1 aliphatic carbocycles. The Morgan fingerprint density at radius 1 is 0.979 bits per heavy atom. The maximum atomic E-state index is 5.30. The fourth-order valence-electron chi connectivity index (χ4n) is 5.86. The zero-order valence-corrected chi connectivity index (χ0v) is 29.1. The van der Waals surface area contributed by atoms with E-state index in [1.54, 1.807) is 0 Å². The van der Waals surface area contributed by atoms with E-state index in [4.69, 9.17) is 9.97 Å². The summed E-state index contributed by atoms with van der Waals surface area (Å²) in [6.45, 7) is 18.7. The number of fused-ring (bicyclic) bond motifs is 2. The molecule has 0 radical (unpaired) electrons. The number of nitrogens with one attached hydrogen (secondary N) is 2. The molecular weight excluding hydrogens is 580 g/mol. The number of nitrogens with zero attached hydrogens (tertiary/aromatic N) is 6. The second kappa shape index (κ2) is 19.2. The van der Waals surface area contributed by atoms with Crippen molar-refractivity contribution in [2.45, 2.75) is 59.4 Å². The predicted octanol–water partition coefficient (Wildman–Crippen LogP) is 7.81. The normalized spacial score (nSPS) is 14.9. The third-order valence-electron chi connectivity index (χ3n) is 8.30. The summed E-state index contributed by atoms with van der Waals surface area (Å²) in [5, 5.41) is 7.88. The van der Waals surface area contributed by atoms with Crippen molar-refractivity contribution in [3.8, 4) is 35.4 Å². The predicted molar refractivity (Wildman–Crippen MR) is 202 cm³/mol. The van der Waals surface area contributed by atoms with Crippen LogP contribution in [0, 0.1) is 12.8 Å². The fraction of sp³-hybridized carbons (Fsp3) is 0.385. The van der Waals surface area contributed by atoms with Gasteiger partial charge < -0.3 is 15.6 Å². The van der Waals surface area contributed by atoms with Gasteiger partial charge in [-0.25, -0.2) is 15.0 Å². The highest BCUT2D eigenvalue weighted by atomic mass is 15.2. The van der Waals surface area contributed by atoms with Gasteiger partial charge in [0.2, 0.25) is 0 Å². The number of imidazole rings is 1. The molecule has 1 fully saturated rings. The number of aromatic nitrogens is 4. The molecule has 248 valence electrons. The summed E-state index contributed by atoms with van der Waals surface area (Å²) in [4.78, 5) is 21.0. The zero-order chi connectivity index (χ0) is 34.2. The monoisotopic (exact) mass is 632 g/mol. The summed E-state index contributed by atoms with van der Waals surface area (Å²) in [5.74, 6) is 2.40. The first-order chi connectivity index (χ1) is 23.1. The lowest BCUT2D eigenvalue weighted by Gasteiger charge is -2.42. The number of anilines is 1. The van der Waals surface area contributed by atoms with Crippen LogP contribution in [0.3, 0.4) is 0 Å². The smallest absolute Gasteiger partial charge is 0.152 e. The summed E-state index contributed by atoms with van der Waals surface area (Å²) in [7, 11) is 1.93. The Balaban J connectivity index is 0.000000688. The fourth-order valence-corrected chi connectivity index (χ4v) is 5.86. The summed E-state index contributed by atoms with van der Waals surface area (Å²) in [6.07, 6.45) is 14.2. The van der Waals surface area contributed by atoms with E-state index < -0.39 is 0 Å². The van der Waals surface area contributed by atoms with Crippen LogP contribution in [0.4, 0.5) is 5.82 Å². The first kappa shape index (κ1) is 36.9. The Kier molecular flexibility index (Phi) is 15.0. The van der Waals surface area contributed by atoms with Crippen molar-refractivity contribution in [3.63, 3.8) is 0 Å². The third-order valence-corrected chi connectivity index (χ3v) is 8.30. The van der Waals surface area contributed by atoms with Gasteiger partial charge in [-0.3, -0.25) is 9.30 Å². The second-order valence-corrected chi connectivity index (χ2v) is 10.9. The summed E-state index contributed by atoms with van der Waals surface area (Å²) >= 11 is 0. The van der Waals surface area contributed by atoms with E-state index in [-0.39, 0.29) is 0 Å². The second-order valence-electron chi connectivity index (χ2n) is 10.9. The topological polar surface area (TPSA) is 82.7 Å². The van der Waals surface area contributed by atoms with Gasteiger partial charge in [0.05, 0.1) is 11.2 Å². The molecule has 8 heteroatoms. The minimum Gasteiger partial charge on any atom is -0.371 e. The SMILES string of the molecule is C#C.C=NCC.CC.CCNCCN(CC)C1CC(c2nc(-c3ccc4ccc(-c5ccccc5)nc4c3)c3c(NC)nccn23)C1. The van der Waals surface area contributed by atoms with Gasteiger partial charge in [0.1, 0.15) is 17.0 Å². The lowest BCUT2D eigenvalue weighted by Crippen LogP contribution is -2.46. The Morgan fingerprint density at radius 2 is 1.68 bits per heavy atom. The van der Waals surface area contributed by atoms with Crippen LogP contribution in [0.25, 0.3) is 38.9 Å². The molecule has 3 heterocycles. The molecule has 2 aromatic carbocycles.